The van der Waals surface area contributed by atoms with E-state index in [2.05, 4.69) is 0 Å². The standard InChI is InChI=1S/C10H13Cl2NOS/c11-9-2-1-8(7-10(9)12)14-4-6-15-5-3-13/h1-2,7H,3-6,13H2. The summed E-state index contributed by atoms with van der Waals surface area (Å²) in [5, 5.41) is 1.06. The highest BCUT2D eigenvalue weighted by Crippen LogP contribution is 2.26. The Morgan fingerprint density at radius 1 is 1.20 bits per heavy atom. The number of hydrogen-bond acceptors (Lipinski definition) is 3. The molecule has 0 atom stereocenters. The van der Waals surface area contributed by atoms with Crippen molar-refractivity contribution < 1.29 is 4.74 Å². The first-order valence-electron chi connectivity index (χ1n) is 4.59. The lowest BCUT2D eigenvalue weighted by Crippen LogP contribution is -2.05. The van der Waals surface area contributed by atoms with Crippen molar-refractivity contribution in [3.63, 3.8) is 0 Å². The molecule has 1 rings (SSSR count). The van der Waals surface area contributed by atoms with Gasteiger partial charge in [-0.3, -0.25) is 0 Å². The van der Waals surface area contributed by atoms with Gasteiger partial charge in [0.2, 0.25) is 0 Å². The van der Waals surface area contributed by atoms with Crippen LogP contribution in [-0.2, 0) is 0 Å². The first-order valence-corrected chi connectivity index (χ1v) is 6.51. The van der Waals surface area contributed by atoms with Crippen LogP contribution in [0.15, 0.2) is 18.2 Å². The predicted molar refractivity (Wildman–Crippen MR) is 68.3 cm³/mol. The Morgan fingerprint density at radius 2 is 2.00 bits per heavy atom. The van der Waals surface area contributed by atoms with E-state index in [1.54, 1.807) is 23.9 Å². The normalized spacial score (nSPS) is 10.3. The summed E-state index contributed by atoms with van der Waals surface area (Å²) in [5.41, 5.74) is 5.36. The van der Waals surface area contributed by atoms with Crippen molar-refractivity contribution >= 4 is 35.0 Å². The average Bonchev–Trinajstić information content (AvgIpc) is 2.23. The van der Waals surface area contributed by atoms with Crippen LogP contribution >= 0.6 is 35.0 Å². The largest absolute Gasteiger partial charge is 0.493 e. The van der Waals surface area contributed by atoms with Crippen LogP contribution in [-0.4, -0.2) is 24.7 Å². The number of benzene rings is 1. The minimum atomic E-state index is 0.517. The van der Waals surface area contributed by atoms with Crippen LogP contribution in [0.25, 0.3) is 0 Å². The maximum Gasteiger partial charge on any atom is 0.120 e. The highest BCUT2D eigenvalue weighted by Gasteiger charge is 1.99. The third-order valence-corrected chi connectivity index (χ3v) is 3.37. The van der Waals surface area contributed by atoms with Crippen molar-refractivity contribution in [3.05, 3.63) is 28.2 Å². The Hall–Kier alpha value is -0.0900. The first-order chi connectivity index (χ1) is 7.24. The molecule has 0 aromatic heterocycles. The van der Waals surface area contributed by atoms with Crippen molar-refractivity contribution in [2.45, 2.75) is 0 Å². The zero-order chi connectivity index (χ0) is 11.1. The topological polar surface area (TPSA) is 35.2 Å². The van der Waals surface area contributed by atoms with E-state index < -0.39 is 0 Å². The van der Waals surface area contributed by atoms with Gasteiger partial charge in [-0.1, -0.05) is 23.2 Å². The van der Waals surface area contributed by atoms with E-state index >= 15 is 0 Å². The maximum absolute atomic E-state index is 5.84. The van der Waals surface area contributed by atoms with Crippen LogP contribution in [0.3, 0.4) is 0 Å². The molecule has 0 fully saturated rings. The molecular formula is C10H13Cl2NOS. The van der Waals surface area contributed by atoms with Gasteiger partial charge in [-0.15, -0.1) is 0 Å². The molecule has 84 valence electrons. The van der Waals surface area contributed by atoms with Gasteiger partial charge in [-0.2, -0.15) is 11.8 Å². The third-order valence-electron chi connectivity index (χ3n) is 1.65. The van der Waals surface area contributed by atoms with Gasteiger partial charge in [0.05, 0.1) is 16.7 Å². The Labute approximate surface area is 104 Å². The van der Waals surface area contributed by atoms with Crippen molar-refractivity contribution in [2.24, 2.45) is 5.73 Å². The van der Waals surface area contributed by atoms with Crippen molar-refractivity contribution in [3.8, 4) is 5.75 Å². The zero-order valence-corrected chi connectivity index (χ0v) is 10.5. The fraction of sp³-hybridized carbons (Fsp3) is 0.400. The summed E-state index contributed by atoms with van der Waals surface area (Å²) in [7, 11) is 0. The molecule has 0 amide bonds. The maximum atomic E-state index is 5.84. The summed E-state index contributed by atoms with van der Waals surface area (Å²) in [6.07, 6.45) is 0. The third kappa shape index (κ3) is 4.98. The molecule has 15 heavy (non-hydrogen) atoms. The second-order valence-corrected chi connectivity index (χ2v) is 4.86. The minimum absolute atomic E-state index is 0.517. The number of nitrogens with two attached hydrogens (primary N) is 1. The molecule has 0 saturated carbocycles. The number of halogens is 2. The highest BCUT2D eigenvalue weighted by atomic mass is 35.5. The van der Waals surface area contributed by atoms with Gasteiger partial charge in [0.25, 0.3) is 0 Å². The van der Waals surface area contributed by atoms with E-state index in [1.807, 2.05) is 6.07 Å². The molecule has 1 aromatic carbocycles. The quantitative estimate of drug-likeness (QED) is 0.804. The van der Waals surface area contributed by atoms with Gasteiger partial charge in [-0.25, -0.2) is 0 Å². The van der Waals surface area contributed by atoms with Crippen molar-refractivity contribution in [1.29, 1.82) is 0 Å². The Morgan fingerprint density at radius 3 is 2.67 bits per heavy atom. The van der Waals surface area contributed by atoms with Crippen LogP contribution < -0.4 is 10.5 Å². The van der Waals surface area contributed by atoms with Gasteiger partial charge in [-0.05, 0) is 12.1 Å². The second kappa shape index (κ2) is 7.23. The van der Waals surface area contributed by atoms with Crippen LogP contribution in [0.5, 0.6) is 5.75 Å². The van der Waals surface area contributed by atoms with E-state index in [0.29, 0.717) is 23.2 Å². The van der Waals surface area contributed by atoms with Gasteiger partial charge in [0, 0.05) is 24.1 Å². The van der Waals surface area contributed by atoms with Crippen molar-refractivity contribution in [2.75, 3.05) is 24.7 Å². The fourth-order valence-corrected chi connectivity index (χ4v) is 1.83. The minimum Gasteiger partial charge on any atom is -0.493 e. The molecule has 0 aliphatic carbocycles. The Bertz CT molecular complexity index is 309. The van der Waals surface area contributed by atoms with Gasteiger partial charge in [0.15, 0.2) is 0 Å². The summed E-state index contributed by atoms with van der Waals surface area (Å²) in [5.74, 6) is 2.64. The van der Waals surface area contributed by atoms with Crippen LogP contribution in [0.2, 0.25) is 10.0 Å². The summed E-state index contributed by atoms with van der Waals surface area (Å²) in [6.45, 7) is 1.36. The molecule has 0 spiro atoms. The smallest absolute Gasteiger partial charge is 0.120 e. The Balaban J connectivity index is 2.28. The lowest BCUT2D eigenvalue weighted by atomic mass is 10.3. The number of rotatable bonds is 6. The van der Waals surface area contributed by atoms with Crippen LogP contribution in [0.4, 0.5) is 0 Å². The molecule has 0 unspecified atom stereocenters. The molecule has 0 bridgehead atoms. The molecule has 5 heteroatoms. The van der Waals surface area contributed by atoms with E-state index in [4.69, 9.17) is 33.7 Å². The van der Waals surface area contributed by atoms with Crippen LogP contribution in [0.1, 0.15) is 0 Å². The van der Waals surface area contributed by atoms with Gasteiger partial charge >= 0.3 is 0 Å². The summed E-state index contributed by atoms with van der Waals surface area (Å²) in [6, 6.07) is 5.26. The van der Waals surface area contributed by atoms with Crippen LogP contribution in [0, 0.1) is 0 Å². The number of hydrogen-bond donors (Lipinski definition) is 1. The van der Waals surface area contributed by atoms with Crippen molar-refractivity contribution in [1.82, 2.24) is 0 Å². The molecule has 0 saturated heterocycles. The van der Waals surface area contributed by atoms with E-state index in [-0.39, 0.29) is 0 Å². The SMILES string of the molecule is NCCSCCOc1ccc(Cl)c(Cl)c1. The van der Waals surface area contributed by atoms with E-state index in [9.17, 15) is 0 Å². The number of thioether (sulfide) groups is 1. The molecule has 0 aliphatic heterocycles. The molecule has 2 N–H and O–H groups in total. The van der Waals surface area contributed by atoms with E-state index in [0.717, 1.165) is 17.3 Å². The molecule has 0 heterocycles. The van der Waals surface area contributed by atoms with Gasteiger partial charge < -0.3 is 10.5 Å². The second-order valence-electron chi connectivity index (χ2n) is 2.83. The molecule has 2 nitrogen and oxygen atoms in total. The predicted octanol–water partition coefficient (Wildman–Crippen LogP) is 3.06. The lowest BCUT2D eigenvalue weighted by molar-refractivity contribution is 0.344. The summed E-state index contributed by atoms with van der Waals surface area (Å²) < 4.78 is 5.48. The molecule has 1 aromatic rings. The fourth-order valence-electron chi connectivity index (χ4n) is 0.970. The average molecular weight is 266 g/mol. The molecular weight excluding hydrogens is 253 g/mol. The monoisotopic (exact) mass is 265 g/mol. The molecule has 0 aliphatic rings. The first kappa shape index (κ1) is 13.0. The number of ether oxygens (including phenoxy) is 1. The summed E-state index contributed by atoms with van der Waals surface area (Å²) in [4.78, 5) is 0. The Kier molecular flexibility index (Phi) is 6.25. The summed E-state index contributed by atoms with van der Waals surface area (Å²) >= 11 is 13.4. The highest BCUT2D eigenvalue weighted by molar-refractivity contribution is 7.99. The zero-order valence-electron chi connectivity index (χ0n) is 8.21. The lowest BCUT2D eigenvalue weighted by Gasteiger charge is -2.06. The molecule has 0 radical (unpaired) electrons. The van der Waals surface area contributed by atoms with Gasteiger partial charge in [0.1, 0.15) is 5.75 Å². The van der Waals surface area contributed by atoms with E-state index in [1.165, 1.54) is 0 Å².